The Kier molecular flexibility index (Phi) is 11.0. The van der Waals surface area contributed by atoms with Gasteiger partial charge in [0.25, 0.3) is 0 Å². The van der Waals surface area contributed by atoms with E-state index in [4.69, 9.17) is 9.84 Å². The fraction of sp³-hybridized carbons (Fsp3) is 0.545. The lowest BCUT2D eigenvalue weighted by Gasteiger charge is -2.08. The molecule has 0 heterocycles. The topological polar surface area (TPSA) is 46.5 Å². The van der Waals surface area contributed by atoms with Crippen molar-refractivity contribution in [1.82, 2.24) is 0 Å². The third kappa shape index (κ3) is 9.22. The van der Waals surface area contributed by atoms with Gasteiger partial charge in [0.1, 0.15) is 5.75 Å². The molecule has 0 amide bonds. The van der Waals surface area contributed by atoms with Crippen molar-refractivity contribution in [3.8, 4) is 5.75 Å². The number of aliphatic hydroxyl groups is 1. The SMILES string of the molecule is O=S(CCCCCCO)CCCCCCOc1ccc2cc(Br)ccc2c1. The zero-order valence-electron chi connectivity index (χ0n) is 16.0. The molecule has 5 heteroatoms. The van der Waals surface area contributed by atoms with Crippen molar-refractivity contribution in [2.24, 2.45) is 0 Å². The second kappa shape index (κ2) is 13.3. The van der Waals surface area contributed by atoms with Crippen LogP contribution in [0.3, 0.4) is 0 Å². The van der Waals surface area contributed by atoms with Crippen LogP contribution < -0.4 is 4.74 Å². The van der Waals surface area contributed by atoms with Crippen LogP contribution in [0.2, 0.25) is 0 Å². The molecule has 0 radical (unpaired) electrons. The Hall–Kier alpha value is -0.910. The van der Waals surface area contributed by atoms with E-state index >= 15 is 0 Å². The maximum Gasteiger partial charge on any atom is 0.119 e. The highest BCUT2D eigenvalue weighted by Gasteiger charge is 2.01. The standard InChI is InChI=1S/C22H31BrO3S/c23-21-11-9-20-18-22(12-10-19(20)17-21)26-14-6-2-4-8-16-27(25)15-7-3-1-5-13-24/h9-12,17-18,24H,1-8,13-16H2. The van der Waals surface area contributed by atoms with Gasteiger partial charge in [0.05, 0.1) is 6.61 Å². The van der Waals surface area contributed by atoms with Crippen LogP contribution in [0, 0.1) is 0 Å². The molecule has 1 N–H and O–H groups in total. The van der Waals surface area contributed by atoms with E-state index in [1.165, 1.54) is 10.8 Å². The molecule has 0 saturated carbocycles. The van der Waals surface area contributed by atoms with Crippen LogP contribution in [0.15, 0.2) is 40.9 Å². The van der Waals surface area contributed by atoms with E-state index in [9.17, 15) is 4.21 Å². The van der Waals surface area contributed by atoms with Gasteiger partial charge in [-0.3, -0.25) is 4.21 Å². The molecule has 2 aromatic rings. The Morgan fingerprint density at radius 2 is 1.44 bits per heavy atom. The average Bonchev–Trinajstić information content (AvgIpc) is 2.67. The molecule has 2 aromatic carbocycles. The van der Waals surface area contributed by atoms with Crippen LogP contribution in [0.5, 0.6) is 5.75 Å². The first-order chi connectivity index (χ1) is 13.2. The minimum absolute atomic E-state index is 0.269. The summed E-state index contributed by atoms with van der Waals surface area (Å²) in [5.74, 6) is 2.56. The summed E-state index contributed by atoms with van der Waals surface area (Å²) in [5.41, 5.74) is 0. The van der Waals surface area contributed by atoms with E-state index in [0.29, 0.717) is 0 Å². The first kappa shape index (κ1) is 22.4. The molecule has 150 valence electrons. The van der Waals surface area contributed by atoms with Gasteiger partial charge in [0, 0.05) is 33.4 Å². The van der Waals surface area contributed by atoms with Crippen LogP contribution in [-0.4, -0.2) is 34.0 Å². The molecule has 0 aliphatic rings. The van der Waals surface area contributed by atoms with Gasteiger partial charge >= 0.3 is 0 Å². The van der Waals surface area contributed by atoms with Gasteiger partial charge in [-0.1, -0.05) is 53.7 Å². The zero-order valence-corrected chi connectivity index (χ0v) is 18.4. The lowest BCUT2D eigenvalue weighted by molar-refractivity contribution is 0.283. The van der Waals surface area contributed by atoms with Crippen LogP contribution >= 0.6 is 15.9 Å². The van der Waals surface area contributed by atoms with Gasteiger partial charge in [0.15, 0.2) is 0 Å². The molecule has 0 aliphatic carbocycles. The second-order valence-corrected chi connectivity index (χ2v) is 9.51. The summed E-state index contributed by atoms with van der Waals surface area (Å²) in [5, 5.41) is 11.1. The van der Waals surface area contributed by atoms with Crippen molar-refractivity contribution >= 4 is 37.5 Å². The largest absolute Gasteiger partial charge is 0.494 e. The molecule has 0 aliphatic heterocycles. The lowest BCUT2D eigenvalue weighted by Crippen LogP contribution is -2.03. The highest BCUT2D eigenvalue weighted by molar-refractivity contribution is 9.10. The van der Waals surface area contributed by atoms with E-state index < -0.39 is 10.8 Å². The molecule has 2 rings (SSSR count). The molecule has 27 heavy (non-hydrogen) atoms. The number of hydrogen-bond acceptors (Lipinski definition) is 3. The van der Waals surface area contributed by atoms with Crippen molar-refractivity contribution in [2.45, 2.75) is 51.4 Å². The maximum atomic E-state index is 11.9. The Morgan fingerprint density at radius 3 is 2.19 bits per heavy atom. The van der Waals surface area contributed by atoms with Gasteiger partial charge in [-0.15, -0.1) is 0 Å². The molecule has 3 nitrogen and oxygen atoms in total. The maximum absolute atomic E-state index is 11.9. The van der Waals surface area contributed by atoms with Crippen molar-refractivity contribution < 1.29 is 14.1 Å². The highest BCUT2D eigenvalue weighted by Crippen LogP contribution is 2.24. The van der Waals surface area contributed by atoms with Gasteiger partial charge in [-0.05, 0) is 60.7 Å². The summed E-state index contributed by atoms with van der Waals surface area (Å²) >= 11 is 3.49. The first-order valence-corrected chi connectivity index (χ1v) is 12.2. The molecule has 0 spiro atoms. The van der Waals surface area contributed by atoms with E-state index in [-0.39, 0.29) is 6.61 Å². The number of aliphatic hydroxyl groups excluding tert-OH is 1. The van der Waals surface area contributed by atoms with Crippen LogP contribution in [-0.2, 0) is 10.8 Å². The lowest BCUT2D eigenvalue weighted by atomic mass is 10.1. The quantitative estimate of drug-likeness (QED) is 0.364. The molecule has 1 unspecified atom stereocenters. The van der Waals surface area contributed by atoms with E-state index in [1.54, 1.807) is 0 Å². The average molecular weight is 455 g/mol. The van der Waals surface area contributed by atoms with Gasteiger partial charge in [-0.25, -0.2) is 0 Å². The Balaban J connectivity index is 1.51. The summed E-state index contributed by atoms with van der Waals surface area (Å²) in [6.07, 6.45) is 8.31. The predicted octanol–water partition coefficient (Wildman–Crippen LogP) is 5.84. The Bertz CT molecular complexity index is 705. The number of ether oxygens (including phenoxy) is 1. The number of rotatable bonds is 14. The van der Waals surface area contributed by atoms with Gasteiger partial charge < -0.3 is 9.84 Å². The van der Waals surface area contributed by atoms with Gasteiger partial charge in [0.2, 0.25) is 0 Å². The third-order valence-electron chi connectivity index (χ3n) is 4.59. The van der Waals surface area contributed by atoms with Crippen molar-refractivity contribution in [1.29, 1.82) is 0 Å². The summed E-state index contributed by atoms with van der Waals surface area (Å²) in [6, 6.07) is 12.5. The Morgan fingerprint density at radius 1 is 0.815 bits per heavy atom. The fourth-order valence-corrected chi connectivity index (χ4v) is 4.66. The van der Waals surface area contributed by atoms with E-state index in [0.717, 1.165) is 79.7 Å². The van der Waals surface area contributed by atoms with E-state index in [1.807, 2.05) is 12.1 Å². The summed E-state index contributed by atoms with van der Waals surface area (Å²) in [7, 11) is -0.675. The Labute approximate surface area is 174 Å². The third-order valence-corrected chi connectivity index (χ3v) is 6.57. The smallest absolute Gasteiger partial charge is 0.119 e. The van der Waals surface area contributed by atoms with Crippen LogP contribution in [0.1, 0.15) is 51.4 Å². The number of fused-ring (bicyclic) bond motifs is 1. The summed E-state index contributed by atoms with van der Waals surface area (Å²) < 4.78 is 18.9. The molecule has 1 atom stereocenters. The van der Waals surface area contributed by atoms with Crippen molar-refractivity contribution in [2.75, 3.05) is 24.7 Å². The minimum Gasteiger partial charge on any atom is -0.494 e. The van der Waals surface area contributed by atoms with Crippen LogP contribution in [0.25, 0.3) is 10.8 Å². The molecule has 0 bridgehead atoms. The molecular formula is C22H31BrO3S. The highest BCUT2D eigenvalue weighted by atomic mass is 79.9. The first-order valence-electron chi connectivity index (χ1n) is 9.97. The van der Waals surface area contributed by atoms with Crippen molar-refractivity contribution in [3.63, 3.8) is 0 Å². The number of unbranched alkanes of at least 4 members (excludes halogenated alkanes) is 6. The summed E-state index contributed by atoms with van der Waals surface area (Å²) in [6.45, 7) is 1.00. The summed E-state index contributed by atoms with van der Waals surface area (Å²) in [4.78, 5) is 0. The van der Waals surface area contributed by atoms with Gasteiger partial charge in [-0.2, -0.15) is 0 Å². The molecule has 0 aromatic heterocycles. The number of halogens is 1. The van der Waals surface area contributed by atoms with Crippen LogP contribution in [0.4, 0.5) is 0 Å². The minimum atomic E-state index is -0.675. The second-order valence-electron chi connectivity index (χ2n) is 6.90. The molecular weight excluding hydrogens is 424 g/mol. The fourth-order valence-electron chi connectivity index (χ4n) is 3.02. The predicted molar refractivity (Wildman–Crippen MR) is 119 cm³/mol. The zero-order chi connectivity index (χ0) is 19.3. The number of hydrogen-bond donors (Lipinski definition) is 1. The van der Waals surface area contributed by atoms with Crippen molar-refractivity contribution in [3.05, 3.63) is 40.9 Å². The number of benzene rings is 2. The molecule has 0 fully saturated rings. The molecule has 0 saturated heterocycles. The van der Waals surface area contributed by atoms with E-state index in [2.05, 4.69) is 40.2 Å². The normalized spacial score (nSPS) is 12.4. The monoisotopic (exact) mass is 454 g/mol.